The standard InChI is InChI=1S/C25H21F3N4O2.C17H16N4O.C11H8N2O2.C8H6BrF3O.C6H10N2.4CH4/c26-25(27,28)34-20-5-3-18(4-6-20)16-24(17-29)9-14-32(15-10-24)23(33)21-2-1-11-31-22(21)19-7-12-30-13-8-19;18-12-13-5-10-21(11-6-13)17(22)15-2-1-7-20-16(15)14-3-8-19-9-4-14;14-11(15)9-2-1-5-13-10(9)8-3-6-12-7-4-8;9-5-6-1-3-7(4-2-6)13-8(10,11)12;7-5-6-1-3-8-4-2-6;;;;/h1-8,11-13H,9-10,14-16H2;1-4,7-9,13H,5-6,10-11H2;1-7H,(H,14,15);1-4H,5H2;6,8H,1-4H2;4*1H4. The van der Waals surface area contributed by atoms with Crippen molar-refractivity contribution in [3.05, 3.63) is 205 Å². The summed E-state index contributed by atoms with van der Waals surface area (Å²) in [5.74, 6) is -1.25. The Morgan fingerprint density at radius 1 is 0.521 bits per heavy atom. The number of aromatic nitrogens is 6. The van der Waals surface area contributed by atoms with Gasteiger partial charge in [-0.3, -0.25) is 39.5 Å². The number of hydrogen-bond donors (Lipinski definition) is 2. The van der Waals surface area contributed by atoms with Crippen LogP contribution in [0.15, 0.2) is 177 Å². The van der Waals surface area contributed by atoms with Crippen LogP contribution in [0.5, 0.6) is 11.5 Å². The van der Waals surface area contributed by atoms with E-state index in [1.165, 1.54) is 42.5 Å². The number of nitriles is 3. The molecular weight excluding hydrogens is 1310 g/mol. The molecular formula is C71H77BrF6N12O6. The summed E-state index contributed by atoms with van der Waals surface area (Å²) in [4.78, 5) is 65.2. The van der Waals surface area contributed by atoms with Gasteiger partial charge in [0.1, 0.15) is 11.5 Å². The molecule has 11 rings (SSSR count). The van der Waals surface area contributed by atoms with Crippen molar-refractivity contribution in [1.29, 1.82) is 15.8 Å². The molecule has 2 amide bonds. The van der Waals surface area contributed by atoms with Gasteiger partial charge in [-0.25, -0.2) is 4.79 Å². The van der Waals surface area contributed by atoms with E-state index in [-0.39, 0.29) is 64.5 Å². The van der Waals surface area contributed by atoms with E-state index in [2.05, 4.69) is 78.8 Å². The van der Waals surface area contributed by atoms with Crippen molar-refractivity contribution in [1.82, 2.24) is 45.0 Å². The van der Waals surface area contributed by atoms with Crippen molar-refractivity contribution in [3.63, 3.8) is 0 Å². The number of amides is 2. The fraction of sp³-hybridized carbons (Fsp3) is 0.324. The van der Waals surface area contributed by atoms with Gasteiger partial charge in [-0.2, -0.15) is 15.8 Å². The second-order valence-electron chi connectivity index (χ2n) is 20.9. The number of carboxylic acid groups (broad SMARTS) is 1. The van der Waals surface area contributed by atoms with Crippen LogP contribution in [0.4, 0.5) is 26.3 Å². The zero-order valence-electron chi connectivity index (χ0n) is 49.4. The predicted molar refractivity (Wildman–Crippen MR) is 358 cm³/mol. The highest BCUT2D eigenvalue weighted by atomic mass is 79.9. The molecule has 0 spiro atoms. The number of pyridine rings is 6. The Labute approximate surface area is 564 Å². The Bertz CT molecular complexity index is 3780. The van der Waals surface area contributed by atoms with Crippen molar-refractivity contribution < 1.29 is 55.3 Å². The number of carboxylic acids is 1. The molecule has 2 aromatic carbocycles. The first-order chi connectivity index (χ1) is 44.3. The van der Waals surface area contributed by atoms with Gasteiger partial charge >= 0.3 is 18.7 Å². The molecule has 3 aliphatic heterocycles. The minimum absolute atomic E-state index is 0. The number of benzene rings is 2. The van der Waals surface area contributed by atoms with Gasteiger partial charge in [-0.05, 0) is 166 Å². The van der Waals surface area contributed by atoms with E-state index in [1.54, 1.807) is 121 Å². The van der Waals surface area contributed by atoms with Crippen LogP contribution in [-0.2, 0) is 11.8 Å². The van der Waals surface area contributed by atoms with Gasteiger partial charge in [-0.15, -0.1) is 26.3 Å². The number of halogens is 7. The van der Waals surface area contributed by atoms with Crippen molar-refractivity contribution in [3.8, 4) is 63.5 Å². The first-order valence-corrected chi connectivity index (χ1v) is 30.0. The van der Waals surface area contributed by atoms with Gasteiger partial charge in [0.2, 0.25) is 0 Å². The number of aromatic carboxylic acids is 1. The van der Waals surface area contributed by atoms with Crippen molar-refractivity contribution in [2.45, 2.75) is 92.7 Å². The molecule has 8 aromatic rings. The Hall–Kier alpha value is -10.2. The van der Waals surface area contributed by atoms with E-state index in [9.17, 15) is 46.0 Å². The summed E-state index contributed by atoms with van der Waals surface area (Å²) in [6, 6.07) is 39.1. The number of carbonyl (C=O) groups is 3. The van der Waals surface area contributed by atoms with Crippen LogP contribution in [0.3, 0.4) is 0 Å². The van der Waals surface area contributed by atoms with Gasteiger partial charge in [0.15, 0.2) is 0 Å². The summed E-state index contributed by atoms with van der Waals surface area (Å²) in [6.07, 6.45) is 10.3. The van der Waals surface area contributed by atoms with E-state index in [0.717, 1.165) is 66.6 Å². The molecule has 3 saturated heterocycles. The summed E-state index contributed by atoms with van der Waals surface area (Å²) in [5.41, 5.74) is 6.36. The van der Waals surface area contributed by atoms with Gasteiger partial charge < -0.3 is 29.7 Å². The number of alkyl halides is 7. The van der Waals surface area contributed by atoms with Crippen LogP contribution in [0, 0.1) is 51.2 Å². The number of ether oxygens (including phenoxy) is 2. The second kappa shape index (κ2) is 39.5. The van der Waals surface area contributed by atoms with Crippen LogP contribution in [0.2, 0.25) is 0 Å². The van der Waals surface area contributed by atoms with Crippen LogP contribution < -0.4 is 14.8 Å². The quantitative estimate of drug-likeness (QED) is 0.0901. The third-order valence-electron chi connectivity index (χ3n) is 14.7. The molecule has 0 saturated carbocycles. The predicted octanol–water partition coefficient (Wildman–Crippen LogP) is 15.9. The molecule has 6 aromatic heterocycles. The number of hydrogen-bond acceptors (Lipinski definition) is 15. The highest BCUT2D eigenvalue weighted by molar-refractivity contribution is 9.08. The maximum Gasteiger partial charge on any atom is 0.573 e. The first-order valence-electron chi connectivity index (χ1n) is 28.9. The number of nitrogens with zero attached hydrogens (tertiary/aromatic N) is 11. The van der Waals surface area contributed by atoms with E-state index in [0.29, 0.717) is 84.9 Å². The lowest BCUT2D eigenvalue weighted by atomic mass is 9.75. The van der Waals surface area contributed by atoms with Crippen LogP contribution >= 0.6 is 15.9 Å². The average molecular weight is 1390 g/mol. The van der Waals surface area contributed by atoms with Crippen molar-refractivity contribution >= 4 is 33.7 Å². The van der Waals surface area contributed by atoms with Crippen molar-refractivity contribution in [2.24, 2.45) is 17.3 Å². The fourth-order valence-electron chi connectivity index (χ4n) is 9.90. The zero-order chi connectivity index (χ0) is 65.9. The maximum absolute atomic E-state index is 13.3. The number of piperidine rings is 3. The summed E-state index contributed by atoms with van der Waals surface area (Å²) in [5, 5.41) is 40.1. The Morgan fingerprint density at radius 3 is 1.22 bits per heavy atom. The molecule has 3 aliphatic rings. The van der Waals surface area contributed by atoms with Crippen LogP contribution in [0.1, 0.15) is 110 Å². The highest BCUT2D eigenvalue weighted by Crippen LogP contribution is 2.37. The maximum atomic E-state index is 13.3. The van der Waals surface area contributed by atoms with Crippen LogP contribution in [-0.4, -0.2) is 115 Å². The lowest BCUT2D eigenvalue weighted by Gasteiger charge is -2.37. The molecule has 0 radical (unpaired) electrons. The first kappa shape index (κ1) is 80.1. The third kappa shape index (κ3) is 24.6. The number of nitrogens with one attached hydrogen (secondary N) is 1. The van der Waals surface area contributed by atoms with Crippen LogP contribution in [0.25, 0.3) is 33.8 Å². The number of rotatable bonds is 11. The Balaban J connectivity index is 0.000000335. The lowest BCUT2D eigenvalue weighted by molar-refractivity contribution is -0.275. The molecule has 0 unspecified atom stereocenters. The minimum Gasteiger partial charge on any atom is -0.478 e. The van der Waals surface area contributed by atoms with Gasteiger partial charge in [-0.1, -0.05) is 69.9 Å². The number of likely N-dealkylation sites (tertiary alicyclic amines) is 2. The molecule has 2 N–H and O–H groups in total. The van der Waals surface area contributed by atoms with Crippen molar-refractivity contribution in [2.75, 3.05) is 39.3 Å². The smallest absolute Gasteiger partial charge is 0.478 e. The Morgan fingerprint density at radius 2 is 0.875 bits per heavy atom. The molecule has 96 heavy (non-hydrogen) atoms. The molecule has 506 valence electrons. The summed E-state index contributed by atoms with van der Waals surface area (Å²) < 4.78 is 79.8. The van der Waals surface area contributed by atoms with Gasteiger partial charge in [0, 0.05) is 116 Å². The van der Waals surface area contributed by atoms with E-state index in [4.69, 9.17) is 15.6 Å². The SMILES string of the molecule is C.C.C.C.FC(F)(F)Oc1ccc(CBr)cc1.N#CC1(Cc2ccc(OC(F)(F)F)cc2)CCN(C(=O)c2cccnc2-c2ccncc2)CC1.N#CC1CCN(C(=O)c2cccnc2-c2ccncc2)CC1.N#CC1CCNCC1.O=C(O)c1cccnc1-c1ccncc1. The van der Waals surface area contributed by atoms with E-state index >= 15 is 0 Å². The Kier molecular flexibility index (Phi) is 33.0. The molecule has 3 fully saturated rings. The summed E-state index contributed by atoms with van der Waals surface area (Å²) in [6.45, 7) is 4.10. The highest BCUT2D eigenvalue weighted by Gasteiger charge is 2.38. The molecule has 0 aliphatic carbocycles. The lowest BCUT2D eigenvalue weighted by Crippen LogP contribution is -2.43. The van der Waals surface area contributed by atoms with E-state index < -0.39 is 24.1 Å². The van der Waals surface area contributed by atoms with Gasteiger partial charge in [0.05, 0.1) is 57.4 Å². The largest absolute Gasteiger partial charge is 0.573 e. The molecule has 0 atom stereocenters. The minimum atomic E-state index is -4.75. The number of carbonyl (C=O) groups excluding carboxylic acids is 2. The normalized spacial score (nSPS) is 13.9. The molecule has 0 bridgehead atoms. The molecule has 18 nitrogen and oxygen atoms in total. The topological polar surface area (TPSA) is 257 Å². The van der Waals surface area contributed by atoms with E-state index in [1.807, 2.05) is 23.1 Å². The van der Waals surface area contributed by atoms with Gasteiger partial charge in [0.25, 0.3) is 11.8 Å². The summed E-state index contributed by atoms with van der Waals surface area (Å²) >= 11 is 3.18. The third-order valence-corrected chi connectivity index (χ3v) is 15.4. The summed E-state index contributed by atoms with van der Waals surface area (Å²) in [7, 11) is 0. The second-order valence-corrected chi connectivity index (χ2v) is 21.5. The average Bonchev–Trinajstić information content (AvgIpc) is 0.819. The fourth-order valence-corrected chi connectivity index (χ4v) is 10.3. The molecule has 25 heteroatoms. The zero-order valence-corrected chi connectivity index (χ0v) is 50.9. The molecule has 9 heterocycles. The monoisotopic (exact) mass is 1390 g/mol.